The van der Waals surface area contributed by atoms with Crippen molar-refractivity contribution in [3.8, 4) is 0 Å². The van der Waals surface area contributed by atoms with Crippen LogP contribution in [0.3, 0.4) is 0 Å². The summed E-state index contributed by atoms with van der Waals surface area (Å²) in [6.45, 7) is 4.86. The standard InChI is InChI=1S/C14H18ClN3O2S/c1-2-20-14(19)18-7-5-17(6-8-18)12-4-3-10(13(16)21)9-11(12)15/h3-4,9H,2,5-8H2,1H3,(H2,16,21). The zero-order chi connectivity index (χ0) is 15.4. The van der Waals surface area contributed by atoms with Gasteiger partial charge in [0.25, 0.3) is 0 Å². The molecule has 1 fully saturated rings. The molecular formula is C14H18ClN3O2S. The van der Waals surface area contributed by atoms with Crippen LogP contribution < -0.4 is 10.6 Å². The molecule has 1 amide bonds. The quantitative estimate of drug-likeness (QED) is 0.863. The van der Waals surface area contributed by atoms with Gasteiger partial charge < -0.3 is 20.3 Å². The molecule has 5 nitrogen and oxygen atoms in total. The predicted molar refractivity (Wildman–Crippen MR) is 88.1 cm³/mol. The van der Waals surface area contributed by atoms with Gasteiger partial charge in [0.2, 0.25) is 0 Å². The molecule has 0 bridgehead atoms. The van der Waals surface area contributed by atoms with Gasteiger partial charge >= 0.3 is 6.09 Å². The third kappa shape index (κ3) is 3.77. The fourth-order valence-corrected chi connectivity index (χ4v) is 2.69. The summed E-state index contributed by atoms with van der Waals surface area (Å²) in [5.74, 6) is 0. The van der Waals surface area contributed by atoms with E-state index in [9.17, 15) is 4.79 Å². The highest BCUT2D eigenvalue weighted by Gasteiger charge is 2.23. The second-order valence-electron chi connectivity index (χ2n) is 4.70. The number of carbonyl (C=O) groups excluding carboxylic acids is 1. The summed E-state index contributed by atoms with van der Waals surface area (Å²) in [5, 5.41) is 0.616. The lowest BCUT2D eigenvalue weighted by Crippen LogP contribution is -2.49. The van der Waals surface area contributed by atoms with Gasteiger partial charge in [-0.2, -0.15) is 0 Å². The molecule has 0 spiro atoms. The lowest BCUT2D eigenvalue weighted by molar-refractivity contribution is 0.105. The Hall–Kier alpha value is -1.53. The molecule has 1 aliphatic heterocycles. The first-order valence-corrected chi connectivity index (χ1v) is 7.57. The molecule has 0 aliphatic carbocycles. The van der Waals surface area contributed by atoms with Crippen LogP contribution in [0.2, 0.25) is 5.02 Å². The van der Waals surface area contributed by atoms with Crippen LogP contribution in [0.15, 0.2) is 18.2 Å². The molecule has 21 heavy (non-hydrogen) atoms. The van der Waals surface area contributed by atoms with Crippen LogP contribution in [0.25, 0.3) is 0 Å². The fourth-order valence-electron chi connectivity index (χ4n) is 2.26. The molecule has 0 atom stereocenters. The van der Waals surface area contributed by atoms with E-state index in [-0.39, 0.29) is 6.09 Å². The van der Waals surface area contributed by atoms with Crippen LogP contribution in [0.1, 0.15) is 12.5 Å². The van der Waals surface area contributed by atoms with Gasteiger partial charge in [-0.3, -0.25) is 0 Å². The van der Waals surface area contributed by atoms with Gasteiger partial charge in [-0.05, 0) is 25.1 Å². The molecule has 1 aromatic carbocycles. The Labute approximate surface area is 134 Å². The van der Waals surface area contributed by atoms with Gasteiger partial charge in [-0.15, -0.1) is 0 Å². The molecule has 1 aromatic rings. The number of carbonyl (C=O) groups is 1. The van der Waals surface area contributed by atoms with Crippen molar-refractivity contribution in [1.29, 1.82) is 0 Å². The van der Waals surface area contributed by atoms with E-state index in [4.69, 9.17) is 34.3 Å². The van der Waals surface area contributed by atoms with Gasteiger partial charge in [0.1, 0.15) is 4.99 Å². The zero-order valence-corrected chi connectivity index (χ0v) is 13.4. The number of anilines is 1. The normalized spacial score (nSPS) is 15.0. The first-order valence-electron chi connectivity index (χ1n) is 6.79. The van der Waals surface area contributed by atoms with Gasteiger partial charge in [0.15, 0.2) is 0 Å². The summed E-state index contributed by atoms with van der Waals surface area (Å²) in [4.78, 5) is 15.8. The van der Waals surface area contributed by atoms with Crippen molar-refractivity contribution in [3.05, 3.63) is 28.8 Å². The monoisotopic (exact) mass is 327 g/mol. The summed E-state index contributed by atoms with van der Waals surface area (Å²) in [6, 6.07) is 5.55. The van der Waals surface area contributed by atoms with Crippen molar-refractivity contribution >= 4 is 40.6 Å². The van der Waals surface area contributed by atoms with Crippen molar-refractivity contribution < 1.29 is 9.53 Å². The Morgan fingerprint density at radius 2 is 2.05 bits per heavy atom. The SMILES string of the molecule is CCOC(=O)N1CCN(c2ccc(C(N)=S)cc2Cl)CC1. The van der Waals surface area contributed by atoms with E-state index >= 15 is 0 Å². The van der Waals surface area contributed by atoms with E-state index in [1.54, 1.807) is 17.9 Å². The van der Waals surface area contributed by atoms with Crippen molar-refractivity contribution in [2.24, 2.45) is 5.73 Å². The zero-order valence-electron chi connectivity index (χ0n) is 11.8. The Balaban J connectivity index is 2.02. The molecule has 0 unspecified atom stereocenters. The van der Waals surface area contributed by atoms with Gasteiger partial charge in [0.05, 0.1) is 17.3 Å². The second kappa shape index (κ2) is 6.95. The maximum Gasteiger partial charge on any atom is 0.409 e. The summed E-state index contributed by atoms with van der Waals surface area (Å²) < 4.78 is 5.00. The molecule has 7 heteroatoms. The van der Waals surface area contributed by atoms with Crippen LogP contribution in [0.4, 0.5) is 10.5 Å². The molecule has 0 saturated carbocycles. The van der Waals surface area contributed by atoms with Crippen LogP contribution in [-0.4, -0.2) is 48.8 Å². The van der Waals surface area contributed by atoms with E-state index in [2.05, 4.69) is 4.90 Å². The fraction of sp³-hybridized carbons (Fsp3) is 0.429. The number of piperazine rings is 1. The number of hydrogen-bond donors (Lipinski definition) is 1. The minimum atomic E-state index is -0.257. The third-order valence-corrected chi connectivity index (χ3v) is 3.92. The minimum absolute atomic E-state index is 0.257. The van der Waals surface area contributed by atoms with Crippen molar-refractivity contribution in [3.63, 3.8) is 0 Å². The second-order valence-corrected chi connectivity index (χ2v) is 5.55. The summed E-state index contributed by atoms with van der Waals surface area (Å²) >= 11 is 11.2. The number of benzene rings is 1. The molecule has 2 rings (SSSR count). The van der Waals surface area contributed by atoms with Crippen LogP contribution in [0, 0.1) is 0 Å². The Morgan fingerprint density at radius 1 is 1.38 bits per heavy atom. The average molecular weight is 328 g/mol. The van der Waals surface area contributed by atoms with Gasteiger partial charge in [-0.25, -0.2) is 4.79 Å². The number of nitrogens with two attached hydrogens (primary N) is 1. The number of thiocarbonyl (C=S) groups is 1. The molecule has 2 N–H and O–H groups in total. The highest BCUT2D eigenvalue weighted by Crippen LogP contribution is 2.28. The topological polar surface area (TPSA) is 58.8 Å². The molecule has 114 valence electrons. The Kier molecular flexibility index (Phi) is 5.25. The highest BCUT2D eigenvalue weighted by molar-refractivity contribution is 7.80. The molecule has 1 heterocycles. The maximum absolute atomic E-state index is 11.7. The van der Waals surface area contributed by atoms with E-state index in [1.165, 1.54) is 0 Å². The number of amides is 1. The minimum Gasteiger partial charge on any atom is -0.450 e. The molecule has 1 saturated heterocycles. The lowest BCUT2D eigenvalue weighted by atomic mass is 10.2. The largest absolute Gasteiger partial charge is 0.450 e. The summed E-state index contributed by atoms with van der Waals surface area (Å²) in [7, 11) is 0. The van der Waals surface area contributed by atoms with Crippen molar-refractivity contribution in [2.45, 2.75) is 6.92 Å². The number of halogens is 1. The van der Waals surface area contributed by atoms with Crippen LogP contribution in [-0.2, 0) is 4.74 Å². The molecule has 0 aromatic heterocycles. The van der Waals surface area contributed by atoms with Crippen molar-refractivity contribution in [2.75, 3.05) is 37.7 Å². The number of nitrogens with zero attached hydrogens (tertiary/aromatic N) is 2. The van der Waals surface area contributed by atoms with E-state index < -0.39 is 0 Å². The Morgan fingerprint density at radius 3 is 2.57 bits per heavy atom. The summed E-state index contributed by atoms with van der Waals surface area (Å²) in [5.41, 5.74) is 7.28. The van der Waals surface area contributed by atoms with E-state index in [0.717, 1.165) is 11.3 Å². The first-order chi connectivity index (χ1) is 10.0. The van der Waals surface area contributed by atoms with E-state index in [1.807, 2.05) is 12.1 Å². The van der Waals surface area contributed by atoms with Gasteiger partial charge in [-0.1, -0.05) is 23.8 Å². The number of hydrogen-bond acceptors (Lipinski definition) is 4. The summed E-state index contributed by atoms with van der Waals surface area (Å²) in [6.07, 6.45) is -0.257. The van der Waals surface area contributed by atoms with Crippen LogP contribution in [0.5, 0.6) is 0 Å². The van der Waals surface area contributed by atoms with Crippen molar-refractivity contribution in [1.82, 2.24) is 4.90 Å². The molecule has 0 radical (unpaired) electrons. The molecule has 1 aliphatic rings. The predicted octanol–water partition coefficient (Wildman–Crippen LogP) is 2.25. The third-order valence-electron chi connectivity index (χ3n) is 3.38. The molecular weight excluding hydrogens is 310 g/mol. The smallest absolute Gasteiger partial charge is 0.409 e. The maximum atomic E-state index is 11.7. The van der Waals surface area contributed by atoms with Crippen LogP contribution >= 0.6 is 23.8 Å². The Bertz CT molecular complexity index is 545. The first kappa shape index (κ1) is 15.9. The average Bonchev–Trinajstić information content (AvgIpc) is 2.47. The van der Waals surface area contributed by atoms with E-state index in [0.29, 0.717) is 42.8 Å². The van der Waals surface area contributed by atoms with Gasteiger partial charge in [0, 0.05) is 31.7 Å². The number of ether oxygens (including phenoxy) is 1. The lowest BCUT2D eigenvalue weighted by Gasteiger charge is -2.35. The number of rotatable bonds is 3. The highest BCUT2D eigenvalue weighted by atomic mass is 35.5.